The zero-order valence-corrected chi connectivity index (χ0v) is 14.8. The van der Waals surface area contributed by atoms with E-state index in [1.54, 1.807) is 0 Å². The van der Waals surface area contributed by atoms with Crippen LogP contribution in [0, 0.1) is 6.92 Å². The topological polar surface area (TPSA) is 57.4 Å². The Morgan fingerprint density at radius 2 is 2.04 bits per heavy atom. The Hall–Kier alpha value is -1.76. The highest BCUT2D eigenvalue weighted by molar-refractivity contribution is 5.17. The fourth-order valence-electron chi connectivity index (χ4n) is 3.30. The largest absolute Gasteiger partial charge is 0.387 e. The van der Waals surface area contributed by atoms with Crippen molar-refractivity contribution in [3.63, 3.8) is 0 Å². The molecule has 0 radical (unpaired) electrons. The minimum absolute atomic E-state index is 0.420. The molecule has 0 amide bonds. The van der Waals surface area contributed by atoms with Gasteiger partial charge in [0, 0.05) is 26.2 Å². The summed E-state index contributed by atoms with van der Waals surface area (Å²) in [5.41, 5.74) is 0.990. The lowest BCUT2D eigenvalue weighted by molar-refractivity contribution is 0.120. The van der Waals surface area contributed by atoms with E-state index in [0.29, 0.717) is 12.6 Å². The number of benzene rings is 1. The molecule has 0 bridgehead atoms. The summed E-state index contributed by atoms with van der Waals surface area (Å²) in [4.78, 5) is 4.69. The lowest BCUT2D eigenvalue weighted by atomic mass is 10.1. The summed E-state index contributed by atoms with van der Waals surface area (Å²) in [6, 6.07) is 10.4. The first-order valence-electron chi connectivity index (χ1n) is 8.55. The highest BCUT2D eigenvalue weighted by Crippen LogP contribution is 2.20. The lowest BCUT2D eigenvalue weighted by Crippen LogP contribution is -2.35. The van der Waals surface area contributed by atoms with Crippen molar-refractivity contribution < 1.29 is 5.11 Å². The van der Waals surface area contributed by atoms with Crippen LogP contribution in [0.1, 0.15) is 29.7 Å². The van der Waals surface area contributed by atoms with Gasteiger partial charge in [0.15, 0.2) is 0 Å². The molecule has 2 atom stereocenters. The Kier molecular flexibility index (Phi) is 5.28. The van der Waals surface area contributed by atoms with E-state index in [2.05, 4.69) is 27.0 Å². The molecule has 1 aliphatic rings. The van der Waals surface area contributed by atoms with Crippen LogP contribution in [0.4, 0.5) is 0 Å². The zero-order valence-electron chi connectivity index (χ0n) is 14.8. The van der Waals surface area contributed by atoms with Crippen LogP contribution in [0.3, 0.4) is 0 Å². The van der Waals surface area contributed by atoms with Gasteiger partial charge in [0.2, 0.25) is 0 Å². The van der Waals surface area contributed by atoms with Gasteiger partial charge in [0.25, 0.3) is 0 Å². The molecule has 2 heterocycles. The van der Waals surface area contributed by atoms with Gasteiger partial charge in [-0.2, -0.15) is 0 Å². The van der Waals surface area contributed by atoms with Gasteiger partial charge in [0.1, 0.15) is 11.6 Å². The molecule has 1 aromatic heterocycles. The minimum atomic E-state index is -0.420. The van der Waals surface area contributed by atoms with E-state index in [1.165, 1.54) is 0 Å². The molecule has 0 saturated carbocycles. The summed E-state index contributed by atoms with van der Waals surface area (Å²) in [5.74, 6) is 1.94. The van der Waals surface area contributed by atoms with Crippen molar-refractivity contribution in [3.8, 4) is 0 Å². The lowest BCUT2D eigenvalue weighted by Gasteiger charge is -2.25. The molecule has 1 N–H and O–H groups in total. The van der Waals surface area contributed by atoms with E-state index in [-0.39, 0.29) is 0 Å². The Morgan fingerprint density at radius 3 is 2.71 bits per heavy atom. The number of hydrogen-bond acceptors (Lipinski definition) is 5. The van der Waals surface area contributed by atoms with Gasteiger partial charge in [-0.3, -0.25) is 9.80 Å². The molecular formula is C18H27N5O. The monoisotopic (exact) mass is 329 g/mol. The third-order valence-corrected chi connectivity index (χ3v) is 5.06. The maximum absolute atomic E-state index is 10.4. The predicted molar refractivity (Wildman–Crippen MR) is 93.5 cm³/mol. The average Bonchev–Trinajstić information content (AvgIpc) is 3.18. The fourth-order valence-corrected chi connectivity index (χ4v) is 3.30. The summed E-state index contributed by atoms with van der Waals surface area (Å²) in [6.07, 6.45) is 0.700. The number of aliphatic hydroxyl groups excluding tert-OH is 1. The van der Waals surface area contributed by atoms with E-state index >= 15 is 0 Å². The van der Waals surface area contributed by atoms with Crippen LogP contribution in [0.5, 0.6) is 0 Å². The Morgan fingerprint density at radius 1 is 1.29 bits per heavy atom. The van der Waals surface area contributed by atoms with E-state index in [1.807, 2.05) is 48.9 Å². The molecule has 0 aliphatic carbocycles. The second-order valence-electron chi connectivity index (χ2n) is 6.77. The van der Waals surface area contributed by atoms with Crippen molar-refractivity contribution in [1.82, 2.24) is 24.6 Å². The summed E-state index contributed by atoms with van der Waals surface area (Å²) in [6.45, 7) is 5.47. The van der Waals surface area contributed by atoms with Crippen molar-refractivity contribution in [1.29, 1.82) is 0 Å². The second kappa shape index (κ2) is 7.42. The van der Waals surface area contributed by atoms with Gasteiger partial charge >= 0.3 is 0 Å². The number of β-amino-alcohol motifs (C(OH)–C–C–N with tert-alkyl or cyclic N) is 1. The molecule has 24 heavy (non-hydrogen) atoms. The van der Waals surface area contributed by atoms with Crippen LogP contribution in [0.2, 0.25) is 0 Å². The minimum Gasteiger partial charge on any atom is -0.387 e. The maximum atomic E-state index is 10.4. The normalized spacial score (nSPS) is 20.0. The number of aromatic nitrogens is 3. The third kappa shape index (κ3) is 3.83. The number of nitrogens with zero attached hydrogens (tertiary/aromatic N) is 5. The summed E-state index contributed by atoms with van der Waals surface area (Å²) in [5, 5.41) is 18.8. The van der Waals surface area contributed by atoms with Crippen LogP contribution in [0.25, 0.3) is 0 Å². The first-order chi connectivity index (χ1) is 11.5. The number of hydrogen-bond donors (Lipinski definition) is 1. The van der Waals surface area contributed by atoms with Crippen molar-refractivity contribution in [2.45, 2.75) is 32.0 Å². The molecule has 0 spiro atoms. The van der Waals surface area contributed by atoms with Gasteiger partial charge in [-0.15, -0.1) is 10.2 Å². The van der Waals surface area contributed by atoms with Gasteiger partial charge < -0.3 is 9.67 Å². The van der Waals surface area contributed by atoms with Crippen molar-refractivity contribution in [2.24, 2.45) is 7.05 Å². The molecule has 2 unspecified atom stereocenters. The van der Waals surface area contributed by atoms with Crippen LogP contribution in [0.15, 0.2) is 30.3 Å². The van der Waals surface area contributed by atoms with Crippen molar-refractivity contribution in [2.75, 3.05) is 26.7 Å². The molecule has 3 rings (SSSR count). The van der Waals surface area contributed by atoms with Crippen LogP contribution in [-0.4, -0.2) is 62.4 Å². The van der Waals surface area contributed by atoms with E-state index in [9.17, 15) is 5.11 Å². The number of aryl methyl sites for hydroxylation is 1. The predicted octanol–water partition coefficient (Wildman–Crippen LogP) is 1.36. The van der Waals surface area contributed by atoms with Crippen LogP contribution in [-0.2, 0) is 13.6 Å². The Balaban J connectivity index is 1.52. The number of aliphatic hydroxyl groups is 1. The SMILES string of the molecule is Cc1nnc(CN(C)C2CCN(CC(O)c3ccccc3)C2)n1C. The molecule has 6 nitrogen and oxygen atoms in total. The summed E-state index contributed by atoms with van der Waals surface area (Å²) in [7, 11) is 4.15. The van der Waals surface area contributed by atoms with Crippen LogP contribution < -0.4 is 0 Å². The van der Waals surface area contributed by atoms with E-state index in [4.69, 9.17) is 0 Å². The highest BCUT2D eigenvalue weighted by Gasteiger charge is 2.28. The summed E-state index contributed by atoms with van der Waals surface area (Å²) >= 11 is 0. The summed E-state index contributed by atoms with van der Waals surface area (Å²) < 4.78 is 2.04. The highest BCUT2D eigenvalue weighted by atomic mass is 16.3. The van der Waals surface area contributed by atoms with E-state index in [0.717, 1.165) is 43.3 Å². The molecule has 6 heteroatoms. The van der Waals surface area contributed by atoms with Gasteiger partial charge in [-0.1, -0.05) is 30.3 Å². The molecular weight excluding hydrogens is 302 g/mol. The van der Waals surface area contributed by atoms with Crippen LogP contribution >= 0.6 is 0 Å². The average molecular weight is 329 g/mol. The first kappa shape index (κ1) is 17.1. The molecule has 1 aliphatic heterocycles. The molecule has 1 fully saturated rings. The molecule has 1 saturated heterocycles. The number of likely N-dealkylation sites (N-methyl/N-ethyl adjacent to an activating group) is 1. The fraction of sp³-hybridized carbons (Fsp3) is 0.556. The van der Waals surface area contributed by atoms with Crippen molar-refractivity contribution in [3.05, 3.63) is 47.5 Å². The first-order valence-corrected chi connectivity index (χ1v) is 8.55. The van der Waals surface area contributed by atoms with Crippen molar-refractivity contribution >= 4 is 0 Å². The molecule has 1 aromatic carbocycles. The maximum Gasteiger partial charge on any atom is 0.146 e. The molecule has 130 valence electrons. The smallest absolute Gasteiger partial charge is 0.146 e. The molecule has 2 aromatic rings. The van der Waals surface area contributed by atoms with E-state index < -0.39 is 6.10 Å². The zero-order chi connectivity index (χ0) is 17.1. The Bertz CT molecular complexity index is 657. The standard InChI is InChI=1S/C18H27N5O/c1-14-19-20-18(22(14)3)13-21(2)16-9-10-23(11-16)12-17(24)15-7-5-4-6-8-15/h4-8,16-17,24H,9-13H2,1-3H3. The van der Waals surface area contributed by atoms with Gasteiger partial charge in [-0.25, -0.2) is 0 Å². The van der Waals surface area contributed by atoms with Gasteiger partial charge in [-0.05, 0) is 32.5 Å². The number of likely N-dealkylation sites (tertiary alicyclic amines) is 1. The second-order valence-corrected chi connectivity index (χ2v) is 6.77. The van der Waals surface area contributed by atoms with Gasteiger partial charge in [0.05, 0.1) is 12.6 Å². The third-order valence-electron chi connectivity index (χ3n) is 5.06. The quantitative estimate of drug-likeness (QED) is 0.867. The number of rotatable bonds is 6. The Labute approximate surface area is 143 Å².